The zero-order chi connectivity index (χ0) is 32.1. The summed E-state index contributed by atoms with van der Waals surface area (Å²) in [6, 6.07) is 11.0. The molecule has 45 heavy (non-hydrogen) atoms. The Labute approximate surface area is 260 Å². The van der Waals surface area contributed by atoms with Crippen LogP contribution in [0.2, 0.25) is 0 Å². The Balaban J connectivity index is 1.23. The highest BCUT2D eigenvalue weighted by Gasteiger charge is 2.35. The number of hydrogen-bond acceptors (Lipinski definition) is 8. The van der Waals surface area contributed by atoms with Crippen molar-refractivity contribution in [3.63, 3.8) is 0 Å². The minimum Gasteiger partial charge on any atom is -0.444 e. The van der Waals surface area contributed by atoms with Crippen LogP contribution < -0.4 is 5.32 Å². The van der Waals surface area contributed by atoms with Crippen LogP contribution in [-0.4, -0.2) is 59.8 Å². The van der Waals surface area contributed by atoms with Gasteiger partial charge in [-0.3, -0.25) is 4.90 Å². The zero-order valence-electron chi connectivity index (χ0n) is 26.6. The zero-order valence-corrected chi connectivity index (χ0v) is 26.6. The van der Waals surface area contributed by atoms with E-state index in [1.807, 2.05) is 84.9 Å². The number of hydrogen-bond donors (Lipinski definition) is 3. The van der Waals surface area contributed by atoms with E-state index in [2.05, 4.69) is 20.3 Å². The molecule has 12 nitrogen and oxygen atoms in total. The van der Waals surface area contributed by atoms with Gasteiger partial charge in [0.2, 0.25) is 5.89 Å². The minimum atomic E-state index is -0.601. The second-order valence-corrected chi connectivity index (χ2v) is 13.4. The number of ether oxygens (including phenoxy) is 2. The van der Waals surface area contributed by atoms with E-state index in [1.165, 1.54) is 0 Å². The maximum absolute atomic E-state index is 12.8. The summed E-state index contributed by atoms with van der Waals surface area (Å²) in [6.45, 7) is 13.5. The van der Waals surface area contributed by atoms with Gasteiger partial charge < -0.3 is 29.2 Å². The molecule has 3 N–H and O–H groups in total. The molecule has 2 amide bonds. The predicted octanol–water partition coefficient (Wildman–Crippen LogP) is 7.42. The van der Waals surface area contributed by atoms with Crippen LogP contribution in [0, 0.1) is 0 Å². The maximum Gasteiger partial charge on any atom is 0.410 e. The molecule has 2 atom stereocenters. The third-order valence-electron chi connectivity index (χ3n) is 7.39. The van der Waals surface area contributed by atoms with Crippen LogP contribution in [-0.2, 0) is 9.47 Å². The molecule has 6 rings (SSSR count). The molecule has 3 aromatic heterocycles. The first-order chi connectivity index (χ1) is 21.2. The number of nitrogens with one attached hydrogen (secondary N) is 3. The number of carbonyl (C=O) groups excluding carboxylic acids is 2. The monoisotopic (exact) mass is 613 g/mol. The molecular weight excluding hydrogens is 574 g/mol. The number of likely N-dealkylation sites (tertiary alicyclic amines) is 1. The number of aromatic amines is 2. The van der Waals surface area contributed by atoms with Gasteiger partial charge in [-0.05, 0) is 91.6 Å². The third-order valence-corrected chi connectivity index (χ3v) is 7.39. The van der Waals surface area contributed by atoms with Crippen molar-refractivity contribution in [2.45, 2.75) is 84.6 Å². The molecule has 1 saturated heterocycles. The molecule has 0 saturated carbocycles. The van der Waals surface area contributed by atoms with Gasteiger partial charge in [0.05, 0.1) is 40.4 Å². The lowest BCUT2D eigenvalue weighted by Gasteiger charge is -2.27. The van der Waals surface area contributed by atoms with Crippen LogP contribution >= 0.6 is 0 Å². The summed E-state index contributed by atoms with van der Waals surface area (Å²) in [4.78, 5) is 47.7. The van der Waals surface area contributed by atoms with E-state index in [4.69, 9.17) is 23.9 Å². The summed E-state index contributed by atoms with van der Waals surface area (Å²) >= 11 is 0. The number of aromatic nitrogens is 5. The van der Waals surface area contributed by atoms with Crippen molar-refractivity contribution in [1.82, 2.24) is 35.1 Å². The van der Waals surface area contributed by atoms with Gasteiger partial charge in [-0.2, -0.15) is 0 Å². The largest absolute Gasteiger partial charge is 0.444 e. The average Bonchev–Trinajstić information content (AvgIpc) is 3.74. The first-order valence-electron chi connectivity index (χ1n) is 15.2. The van der Waals surface area contributed by atoms with Crippen LogP contribution in [0.15, 0.2) is 47.0 Å². The second-order valence-electron chi connectivity index (χ2n) is 13.4. The van der Waals surface area contributed by atoms with E-state index in [9.17, 15) is 9.59 Å². The number of nitrogens with zero attached hydrogens (tertiary/aromatic N) is 4. The van der Waals surface area contributed by atoms with Gasteiger partial charge in [0, 0.05) is 12.1 Å². The van der Waals surface area contributed by atoms with E-state index in [0.29, 0.717) is 29.5 Å². The topological polar surface area (TPSA) is 151 Å². The highest BCUT2D eigenvalue weighted by Crippen LogP contribution is 2.35. The molecule has 1 aliphatic rings. The van der Waals surface area contributed by atoms with Gasteiger partial charge in [-0.15, -0.1) is 0 Å². The molecule has 0 bridgehead atoms. The number of H-pyrrole nitrogens is 2. The first-order valence-corrected chi connectivity index (χ1v) is 15.2. The van der Waals surface area contributed by atoms with Gasteiger partial charge in [0.15, 0.2) is 5.76 Å². The highest BCUT2D eigenvalue weighted by atomic mass is 16.6. The van der Waals surface area contributed by atoms with Gasteiger partial charge in [0.1, 0.15) is 28.4 Å². The van der Waals surface area contributed by atoms with Crippen LogP contribution in [0.25, 0.3) is 44.8 Å². The van der Waals surface area contributed by atoms with Gasteiger partial charge in [0.25, 0.3) is 0 Å². The maximum atomic E-state index is 12.8. The summed E-state index contributed by atoms with van der Waals surface area (Å²) in [7, 11) is 0. The Morgan fingerprint density at radius 2 is 1.80 bits per heavy atom. The van der Waals surface area contributed by atoms with Crippen molar-refractivity contribution >= 4 is 34.3 Å². The minimum absolute atomic E-state index is 0.172. The van der Waals surface area contributed by atoms with Crippen molar-refractivity contribution in [2.24, 2.45) is 0 Å². The third kappa shape index (κ3) is 6.50. The SMILES string of the molecule is C[C@@H](NC(=O)OC(C)(C)C)c1nc2c(-c3ncc(-c4ccc5[nH]c([C@@H]6CCCN6C(=O)OC(C)(C)C)nc5c4)o3)cccc2[nH]1. The number of benzene rings is 2. The summed E-state index contributed by atoms with van der Waals surface area (Å²) < 4.78 is 17.3. The van der Waals surface area contributed by atoms with Gasteiger partial charge in [-0.25, -0.2) is 24.5 Å². The Kier molecular flexibility index (Phi) is 7.54. The summed E-state index contributed by atoms with van der Waals surface area (Å²) in [5.74, 6) is 2.33. The van der Waals surface area contributed by atoms with Crippen molar-refractivity contribution in [2.75, 3.05) is 6.54 Å². The lowest BCUT2D eigenvalue weighted by Crippen LogP contribution is -2.36. The number of imidazole rings is 2. The molecule has 1 aliphatic heterocycles. The van der Waals surface area contributed by atoms with Gasteiger partial charge in [-0.1, -0.05) is 6.07 Å². The summed E-state index contributed by atoms with van der Waals surface area (Å²) in [5.41, 5.74) is 3.48. The van der Waals surface area contributed by atoms with E-state index in [-0.39, 0.29) is 12.1 Å². The van der Waals surface area contributed by atoms with Crippen LogP contribution in [0.4, 0.5) is 9.59 Å². The molecule has 1 fully saturated rings. The molecule has 0 aliphatic carbocycles. The van der Waals surface area contributed by atoms with Crippen molar-refractivity contribution in [3.8, 4) is 22.8 Å². The number of amides is 2. The van der Waals surface area contributed by atoms with Crippen LogP contribution in [0.5, 0.6) is 0 Å². The number of fused-ring (bicyclic) bond motifs is 2. The fourth-order valence-electron chi connectivity index (χ4n) is 5.44. The second kappa shape index (κ2) is 11.2. The fourth-order valence-corrected chi connectivity index (χ4v) is 5.44. The van der Waals surface area contributed by atoms with Crippen molar-refractivity contribution in [3.05, 3.63) is 54.2 Å². The summed E-state index contributed by atoms with van der Waals surface area (Å²) in [5, 5.41) is 2.82. The van der Waals surface area contributed by atoms with Crippen LogP contribution in [0.1, 0.15) is 85.0 Å². The molecule has 0 spiro atoms. The molecule has 0 radical (unpaired) electrons. The van der Waals surface area contributed by atoms with E-state index >= 15 is 0 Å². The Morgan fingerprint density at radius 3 is 2.56 bits per heavy atom. The average molecular weight is 614 g/mol. The van der Waals surface area contributed by atoms with Gasteiger partial charge >= 0.3 is 12.2 Å². The standard InChI is InChI=1S/C33H39N7O5/c1-18(35-30(41)44-32(2,3)4)27-37-22-11-8-10-20(26(22)39-27)29-34-17-25(43-29)19-13-14-21-23(16-19)38-28(36-21)24-12-9-15-40(24)31(42)45-33(5,6)7/h8,10-11,13-14,16-18,24H,9,12,15H2,1-7H3,(H,35,41)(H,36,38)(H,37,39)/t18-,24+/m1/s1. The Bertz CT molecular complexity index is 1870. The number of rotatable bonds is 5. The van der Waals surface area contributed by atoms with Crippen LogP contribution in [0.3, 0.4) is 0 Å². The molecule has 2 aromatic carbocycles. The number of para-hydroxylation sites is 1. The lowest BCUT2D eigenvalue weighted by atomic mass is 10.1. The molecule has 5 aromatic rings. The number of alkyl carbamates (subject to hydrolysis) is 1. The highest BCUT2D eigenvalue weighted by molar-refractivity contribution is 5.90. The lowest BCUT2D eigenvalue weighted by molar-refractivity contribution is 0.0218. The number of carbonyl (C=O) groups is 2. The smallest absolute Gasteiger partial charge is 0.410 e. The predicted molar refractivity (Wildman–Crippen MR) is 169 cm³/mol. The molecule has 4 heterocycles. The number of oxazole rings is 1. The molecule has 12 heteroatoms. The normalized spacial score (nSPS) is 16.3. The van der Waals surface area contributed by atoms with E-state index in [0.717, 1.165) is 46.3 Å². The summed E-state index contributed by atoms with van der Waals surface area (Å²) in [6.07, 6.45) is 2.54. The Morgan fingerprint density at radius 1 is 1.02 bits per heavy atom. The van der Waals surface area contributed by atoms with E-state index < -0.39 is 23.3 Å². The van der Waals surface area contributed by atoms with E-state index in [1.54, 1.807) is 11.1 Å². The fraction of sp³-hybridized carbons (Fsp3) is 0.424. The Hall–Kier alpha value is -4.87. The molecule has 236 valence electrons. The quantitative estimate of drug-likeness (QED) is 0.185. The molecule has 0 unspecified atom stereocenters. The first kappa shape index (κ1) is 30.2. The van der Waals surface area contributed by atoms with Crippen molar-refractivity contribution in [1.29, 1.82) is 0 Å². The molecular formula is C33H39N7O5. The van der Waals surface area contributed by atoms with Crippen molar-refractivity contribution < 1.29 is 23.5 Å².